The number of rotatable bonds is 3. The van der Waals surface area contributed by atoms with Gasteiger partial charge in [0, 0.05) is 10.9 Å². The zero-order chi connectivity index (χ0) is 19.2. The Morgan fingerprint density at radius 1 is 1.11 bits per heavy atom. The maximum atomic E-state index is 13.3. The first kappa shape index (κ1) is 18.5. The molecule has 1 saturated heterocycles. The molecule has 4 rings (SSSR count). The number of amidine groups is 1. The van der Waals surface area contributed by atoms with Crippen LogP contribution in [0, 0.1) is 19.7 Å². The number of nitrogens with zero attached hydrogens (tertiary/aromatic N) is 2. The summed E-state index contributed by atoms with van der Waals surface area (Å²) in [5.41, 5.74) is 4.38. The van der Waals surface area contributed by atoms with E-state index in [1.807, 2.05) is 0 Å². The molecule has 4 nitrogen and oxygen atoms in total. The molecule has 142 valence electrons. The fraction of sp³-hybridized carbons (Fsp3) is 0.350. The Morgan fingerprint density at radius 2 is 1.85 bits per heavy atom. The lowest BCUT2D eigenvalue weighted by molar-refractivity contribution is 0.601. The maximum absolute atomic E-state index is 13.3. The number of hydrogen-bond acceptors (Lipinski definition) is 5. The minimum atomic E-state index is -2.98. The Hall–Kier alpha value is -1.86. The third kappa shape index (κ3) is 3.89. The number of fused-ring (bicyclic) bond motifs is 1. The predicted octanol–water partition coefficient (Wildman–Crippen LogP) is 3.72. The monoisotopic (exact) mass is 404 g/mol. The van der Waals surface area contributed by atoms with E-state index in [1.165, 1.54) is 23.3 Å². The number of sulfone groups is 1. The molecule has 0 aromatic heterocycles. The van der Waals surface area contributed by atoms with Gasteiger partial charge in [-0.2, -0.15) is 0 Å². The van der Waals surface area contributed by atoms with Gasteiger partial charge < -0.3 is 4.90 Å². The van der Waals surface area contributed by atoms with E-state index in [-0.39, 0.29) is 28.6 Å². The quantitative estimate of drug-likeness (QED) is 0.782. The van der Waals surface area contributed by atoms with Crippen LogP contribution in [0.2, 0.25) is 0 Å². The highest BCUT2D eigenvalue weighted by molar-refractivity contribution is 8.15. The summed E-state index contributed by atoms with van der Waals surface area (Å²) in [6, 6.07) is 12.5. The summed E-state index contributed by atoms with van der Waals surface area (Å²) in [6.45, 7) is 4.70. The summed E-state index contributed by atoms with van der Waals surface area (Å²) in [7, 11) is -2.98. The van der Waals surface area contributed by atoms with Crippen molar-refractivity contribution in [1.29, 1.82) is 0 Å². The van der Waals surface area contributed by atoms with Gasteiger partial charge >= 0.3 is 0 Å². The number of benzene rings is 2. The number of anilines is 1. The van der Waals surface area contributed by atoms with E-state index in [9.17, 15) is 12.8 Å². The summed E-state index contributed by atoms with van der Waals surface area (Å²) >= 11 is 1.54. The standard InChI is InChI=1S/C20H21FN2O2S2/c1-13-3-8-17(9-14(13)2)23(10-15-4-6-16(21)7-5-15)20-22-18-11-27(24,25)12-19(18)26-20/h3-9,18-19H,10-12H2,1-2H3/t18-,19+/m0/s1. The first-order valence-electron chi connectivity index (χ1n) is 8.85. The van der Waals surface area contributed by atoms with Crippen molar-refractivity contribution < 1.29 is 12.8 Å². The average Bonchev–Trinajstić information content (AvgIpc) is 3.10. The Bertz CT molecular complexity index is 1000. The zero-order valence-corrected chi connectivity index (χ0v) is 16.9. The van der Waals surface area contributed by atoms with Gasteiger partial charge in [-0.3, -0.25) is 4.99 Å². The molecule has 2 atom stereocenters. The van der Waals surface area contributed by atoms with Crippen LogP contribution in [0.3, 0.4) is 0 Å². The number of halogens is 1. The molecule has 2 aromatic rings. The van der Waals surface area contributed by atoms with Crippen molar-refractivity contribution in [2.75, 3.05) is 16.4 Å². The third-order valence-electron chi connectivity index (χ3n) is 5.09. The van der Waals surface area contributed by atoms with Crippen LogP contribution in [0.15, 0.2) is 47.5 Å². The minimum absolute atomic E-state index is 0.00716. The molecule has 2 aliphatic rings. The van der Waals surface area contributed by atoms with Crippen LogP contribution in [-0.4, -0.2) is 36.4 Å². The average molecular weight is 405 g/mol. The van der Waals surface area contributed by atoms with Crippen LogP contribution in [0.5, 0.6) is 0 Å². The fourth-order valence-electron chi connectivity index (χ4n) is 3.41. The molecule has 0 saturated carbocycles. The number of aliphatic imine (C=N–C) groups is 1. The molecule has 0 unspecified atom stereocenters. The summed E-state index contributed by atoms with van der Waals surface area (Å²) in [4.78, 5) is 6.85. The number of thioether (sulfide) groups is 1. The predicted molar refractivity (Wildman–Crippen MR) is 110 cm³/mol. The lowest BCUT2D eigenvalue weighted by Crippen LogP contribution is -2.28. The lowest BCUT2D eigenvalue weighted by atomic mass is 10.1. The summed E-state index contributed by atoms with van der Waals surface area (Å²) in [5, 5.41) is 0.833. The van der Waals surface area contributed by atoms with Crippen molar-refractivity contribution in [3.05, 3.63) is 65.0 Å². The maximum Gasteiger partial charge on any atom is 0.164 e. The van der Waals surface area contributed by atoms with Crippen LogP contribution >= 0.6 is 11.8 Å². The smallest absolute Gasteiger partial charge is 0.164 e. The van der Waals surface area contributed by atoms with E-state index in [4.69, 9.17) is 4.99 Å². The topological polar surface area (TPSA) is 49.7 Å². The second-order valence-corrected chi connectivity index (χ2v) is 10.6. The molecule has 1 fully saturated rings. The van der Waals surface area contributed by atoms with Gasteiger partial charge in [0.2, 0.25) is 0 Å². The second-order valence-electron chi connectivity index (χ2n) is 7.19. The van der Waals surface area contributed by atoms with Gasteiger partial charge in [0.05, 0.1) is 24.1 Å². The highest BCUT2D eigenvalue weighted by Gasteiger charge is 2.44. The Labute approximate surface area is 163 Å². The lowest BCUT2D eigenvalue weighted by Gasteiger charge is -2.25. The fourth-order valence-corrected chi connectivity index (χ4v) is 7.19. The van der Waals surface area contributed by atoms with Gasteiger partial charge in [-0.1, -0.05) is 30.0 Å². The molecule has 0 bridgehead atoms. The second kappa shape index (κ2) is 6.95. The van der Waals surface area contributed by atoms with Crippen molar-refractivity contribution >= 4 is 32.5 Å². The van der Waals surface area contributed by atoms with E-state index in [2.05, 4.69) is 36.9 Å². The molecule has 2 aliphatic heterocycles. The minimum Gasteiger partial charge on any atom is -0.317 e. The van der Waals surface area contributed by atoms with Crippen molar-refractivity contribution in [3.63, 3.8) is 0 Å². The first-order valence-corrected chi connectivity index (χ1v) is 11.5. The molecule has 27 heavy (non-hydrogen) atoms. The molecule has 2 aromatic carbocycles. The molecule has 2 heterocycles. The van der Waals surface area contributed by atoms with E-state index in [1.54, 1.807) is 23.9 Å². The van der Waals surface area contributed by atoms with E-state index < -0.39 is 9.84 Å². The van der Waals surface area contributed by atoms with Crippen LogP contribution in [0.4, 0.5) is 10.1 Å². The largest absolute Gasteiger partial charge is 0.317 e. The highest BCUT2D eigenvalue weighted by Crippen LogP contribution is 2.37. The SMILES string of the molecule is Cc1ccc(N(Cc2ccc(F)cc2)C2=N[C@H]3CS(=O)(=O)C[C@H]3S2)cc1C. The van der Waals surface area contributed by atoms with Crippen LogP contribution in [0.1, 0.15) is 16.7 Å². The molecule has 0 radical (unpaired) electrons. The van der Waals surface area contributed by atoms with Gasteiger partial charge in [-0.05, 0) is 54.8 Å². The van der Waals surface area contributed by atoms with Gasteiger partial charge in [0.15, 0.2) is 15.0 Å². The van der Waals surface area contributed by atoms with Crippen molar-refractivity contribution in [2.24, 2.45) is 4.99 Å². The molecular formula is C20H21FN2O2S2. The number of hydrogen-bond donors (Lipinski definition) is 0. The molecule has 7 heteroatoms. The van der Waals surface area contributed by atoms with Gasteiger partial charge in [0.25, 0.3) is 0 Å². The van der Waals surface area contributed by atoms with Crippen molar-refractivity contribution in [2.45, 2.75) is 31.7 Å². The van der Waals surface area contributed by atoms with Crippen molar-refractivity contribution in [3.8, 4) is 0 Å². The summed E-state index contributed by atoms with van der Waals surface area (Å²) in [6.07, 6.45) is 0. The van der Waals surface area contributed by atoms with Crippen LogP contribution in [0.25, 0.3) is 0 Å². The van der Waals surface area contributed by atoms with Gasteiger partial charge in [-0.25, -0.2) is 12.8 Å². The van der Waals surface area contributed by atoms with E-state index in [0.717, 1.165) is 16.4 Å². The Balaban J connectivity index is 1.68. The van der Waals surface area contributed by atoms with E-state index in [0.29, 0.717) is 6.54 Å². The zero-order valence-electron chi connectivity index (χ0n) is 15.2. The molecule has 0 aliphatic carbocycles. The van der Waals surface area contributed by atoms with Gasteiger partial charge in [0.1, 0.15) is 5.82 Å². The number of aryl methyl sites for hydroxylation is 2. The summed E-state index contributed by atoms with van der Waals surface area (Å²) < 4.78 is 37.0. The van der Waals surface area contributed by atoms with Crippen molar-refractivity contribution in [1.82, 2.24) is 0 Å². The third-order valence-corrected chi connectivity index (χ3v) is 8.34. The molecule has 0 N–H and O–H groups in total. The Kier molecular flexibility index (Phi) is 4.76. The summed E-state index contributed by atoms with van der Waals surface area (Å²) in [5.74, 6) is 0.0572. The van der Waals surface area contributed by atoms with Crippen LogP contribution in [-0.2, 0) is 16.4 Å². The highest BCUT2D eigenvalue weighted by atomic mass is 32.2. The Morgan fingerprint density at radius 3 is 2.52 bits per heavy atom. The molecule has 0 spiro atoms. The first-order chi connectivity index (χ1) is 12.8. The van der Waals surface area contributed by atoms with E-state index >= 15 is 0 Å². The normalized spacial score (nSPS) is 23.1. The molecule has 0 amide bonds. The van der Waals surface area contributed by atoms with Crippen LogP contribution < -0.4 is 4.90 Å². The van der Waals surface area contributed by atoms with Gasteiger partial charge in [-0.15, -0.1) is 0 Å². The molecular weight excluding hydrogens is 383 g/mol.